The Morgan fingerprint density at radius 1 is 1.69 bits per heavy atom. The van der Waals surface area contributed by atoms with Crippen LogP contribution >= 0.6 is 22.9 Å². The van der Waals surface area contributed by atoms with Gasteiger partial charge in [-0.2, -0.15) is 0 Å². The van der Waals surface area contributed by atoms with Gasteiger partial charge in [0.2, 0.25) is 0 Å². The average Bonchev–Trinajstić information content (AvgIpc) is 2.52. The van der Waals surface area contributed by atoms with Gasteiger partial charge >= 0.3 is 0 Å². The number of rotatable bonds is 2. The van der Waals surface area contributed by atoms with Crippen LogP contribution in [0, 0.1) is 5.92 Å². The Morgan fingerprint density at radius 3 is 3.19 bits per heavy atom. The summed E-state index contributed by atoms with van der Waals surface area (Å²) in [6.07, 6.45) is 0. The zero-order chi connectivity index (χ0) is 11.5. The van der Waals surface area contributed by atoms with Gasteiger partial charge in [0.05, 0.1) is 5.02 Å². The van der Waals surface area contributed by atoms with Crippen LogP contribution in [0.4, 0.5) is 0 Å². The highest BCUT2D eigenvalue weighted by Gasteiger charge is 2.19. The highest BCUT2D eigenvalue weighted by Crippen LogP contribution is 2.21. The molecule has 90 valence electrons. The van der Waals surface area contributed by atoms with E-state index in [9.17, 15) is 4.21 Å². The molecule has 16 heavy (non-hydrogen) atoms. The molecule has 0 N–H and O–H groups in total. The van der Waals surface area contributed by atoms with Gasteiger partial charge in [-0.3, -0.25) is 9.11 Å². The van der Waals surface area contributed by atoms with E-state index in [1.807, 2.05) is 11.4 Å². The van der Waals surface area contributed by atoms with E-state index in [0.717, 1.165) is 36.2 Å². The predicted octanol–water partition coefficient (Wildman–Crippen LogP) is 2.60. The third-order valence-corrected chi connectivity index (χ3v) is 5.52. The summed E-state index contributed by atoms with van der Waals surface area (Å²) in [5.41, 5.74) is 0. The maximum atomic E-state index is 11.6. The molecule has 0 radical (unpaired) electrons. The van der Waals surface area contributed by atoms with E-state index in [-0.39, 0.29) is 0 Å². The molecule has 0 aromatic carbocycles. The molecule has 0 saturated carbocycles. The van der Waals surface area contributed by atoms with Crippen LogP contribution in [0.3, 0.4) is 0 Å². The van der Waals surface area contributed by atoms with Gasteiger partial charge in [-0.25, -0.2) is 0 Å². The van der Waals surface area contributed by atoms with Gasteiger partial charge in [0.1, 0.15) is 0 Å². The topological polar surface area (TPSA) is 20.3 Å². The maximum absolute atomic E-state index is 11.6. The molecule has 1 saturated heterocycles. The molecule has 0 bridgehead atoms. The molecule has 1 aliphatic heterocycles. The summed E-state index contributed by atoms with van der Waals surface area (Å²) >= 11 is 7.61. The van der Waals surface area contributed by atoms with Gasteiger partial charge in [-0.1, -0.05) is 18.5 Å². The summed E-state index contributed by atoms with van der Waals surface area (Å²) < 4.78 is 11.6. The summed E-state index contributed by atoms with van der Waals surface area (Å²) in [5, 5.41) is 2.79. The van der Waals surface area contributed by atoms with Crippen molar-refractivity contribution in [1.29, 1.82) is 0 Å². The van der Waals surface area contributed by atoms with E-state index in [1.165, 1.54) is 4.88 Å². The van der Waals surface area contributed by atoms with Crippen LogP contribution in [0.1, 0.15) is 11.8 Å². The fraction of sp³-hybridized carbons (Fsp3) is 0.636. The summed E-state index contributed by atoms with van der Waals surface area (Å²) in [6.45, 7) is 5.10. The third kappa shape index (κ3) is 3.55. The van der Waals surface area contributed by atoms with Crippen LogP contribution in [0.15, 0.2) is 11.4 Å². The number of thiophene rings is 1. The lowest BCUT2D eigenvalue weighted by atomic mass is 10.2. The molecule has 1 aromatic heterocycles. The summed E-state index contributed by atoms with van der Waals surface area (Å²) in [6, 6.07) is 2.03. The van der Waals surface area contributed by atoms with Crippen LogP contribution in [0.5, 0.6) is 0 Å². The SMILES string of the molecule is C[C@@H]1CN(Cc2cc(Cl)cs2)CC[S@](=O)C1. The minimum Gasteiger partial charge on any atom is -0.297 e. The smallest absolute Gasteiger partial charge is 0.0516 e. The second-order valence-corrected chi connectivity index (χ2v) is 7.44. The first-order chi connectivity index (χ1) is 7.63. The monoisotopic (exact) mass is 277 g/mol. The number of hydrogen-bond donors (Lipinski definition) is 0. The zero-order valence-corrected chi connectivity index (χ0v) is 11.7. The molecule has 2 rings (SSSR count). The van der Waals surface area contributed by atoms with Crippen LogP contribution in [-0.2, 0) is 17.3 Å². The van der Waals surface area contributed by atoms with E-state index >= 15 is 0 Å². The van der Waals surface area contributed by atoms with E-state index in [2.05, 4.69) is 11.8 Å². The van der Waals surface area contributed by atoms with Gasteiger partial charge in [0.25, 0.3) is 0 Å². The van der Waals surface area contributed by atoms with Crippen LogP contribution < -0.4 is 0 Å². The Morgan fingerprint density at radius 2 is 2.50 bits per heavy atom. The summed E-state index contributed by atoms with van der Waals surface area (Å²) in [7, 11) is -0.625. The first kappa shape index (κ1) is 12.6. The molecule has 1 aliphatic rings. The Kier molecular flexibility index (Phi) is 4.41. The number of hydrogen-bond acceptors (Lipinski definition) is 3. The van der Waals surface area contributed by atoms with Crippen molar-refractivity contribution in [3.05, 3.63) is 21.3 Å². The zero-order valence-electron chi connectivity index (χ0n) is 9.32. The lowest BCUT2D eigenvalue weighted by Gasteiger charge is -2.20. The van der Waals surface area contributed by atoms with Crippen molar-refractivity contribution in [2.24, 2.45) is 5.92 Å². The minimum atomic E-state index is -0.625. The highest BCUT2D eigenvalue weighted by molar-refractivity contribution is 7.85. The molecule has 0 spiro atoms. The minimum absolute atomic E-state index is 0.527. The van der Waals surface area contributed by atoms with Crippen molar-refractivity contribution < 1.29 is 4.21 Å². The first-order valence-electron chi connectivity index (χ1n) is 5.43. The third-order valence-electron chi connectivity index (χ3n) is 2.68. The average molecular weight is 278 g/mol. The van der Waals surface area contributed by atoms with Crippen molar-refractivity contribution >= 4 is 33.7 Å². The van der Waals surface area contributed by atoms with Crippen LogP contribution in [-0.4, -0.2) is 33.7 Å². The van der Waals surface area contributed by atoms with Gasteiger partial charge in [0.15, 0.2) is 0 Å². The molecular weight excluding hydrogens is 262 g/mol. The molecule has 0 amide bonds. The van der Waals surface area contributed by atoms with Crippen molar-refractivity contribution in [1.82, 2.24) is 4.90 Å². The fourth-order valence-electron chi connectivity index (χ4n) is 2.02. The predicted molar refractivity (Wildman–Crippen MR) is 71.6 cm³/mol. The van der Waals surface area contributed by atoms with Crippen molar-refractivity contribution in [3.8, 4) is 0 Å². The van der Waals surface area contributed by atoms with Gasteiger partial charge in [0, 0.05) is 52.2 Å². The van der Waals surface area contributed by atoms with Gasteiger partial charge in [-0.15, -0.1) is 11.3 Å². The van der Waals surface area contributed by atoms with Crippen LogP contribution in [0.25, 0.3) is 0 Å². The van der Waals surface area contributed by atoms with E-state index in [0.29, 0.717) is 5.92 Å². The summed E-state index contributed by atoms with van der Waals surface area (Å²) in [4.78, 5) is 3.68. The fourth-order valence-corrected chi connectivity index (χ4v) is 4.50. The molecule has 1 aromatic rings. The Bertz CT molecular complexity index is 380. The number of nitrogens with zero attached hydrogens (tertiary/aromatic N) is 1. The van der Waals surface area contributed by atoms with E-state index in [1.54, 1.807) is 11.3 Å². The molecule has 0 unspecified atom stereocenters. The molecule has 1 fully saturated rings. The normalized spacial score (nSPS) is 27.9. The van der Waals surface area contributed by atoms with Crippen LogP contribution in [0.2, 0.25) is 5.02 Å². The van der Waals surface area contributed by atoms with Crippen molar-refractivity contribution in [3.63, 3.8) is 0 Å². The molecule has 2 nitrogen and oxygen atoms in total. The second kappa shape index (κ2) is 5.63. The largest absolute Gasteiger partial charge is 0.297 e. The van der Waals surface area contributed by atoms with Crippen molar-refractivity contribution in [2.45, 2.75) is 13.5 Å². The molecule has 2 atom stereocenters. The summed E-state index contributed by atoms with van der Waals surface area (Å²) in [5.74, 6) is 2.18. The molecule has 5 heteroatoms. The lowest BCUT2D eigenvalue weighted by Crippen LogP contribution is -2.28. The standard InChI is InChI=1S/C11H16ClNOS2/c1-9-5-13(2-3-16(14)8-9)6-11-4-10(12)7-15-11/h4,7,9H,2-3,5-6,8H2,1H3/t9-,16+/m1/s1. The molecule has 0 aliphatic carbocycles. The second-order valence-electron chi connectivity index (χ2n) is 4.38. The highest BCUT2D eigenvalue weighted by atomic mass is 35.5. The van der Waals surface area contributed by atoms with Gasteiger partial charge in [-0.05, 0) is 12.0 Å². The molecular formula is C11H16ClNOS2. The quantitative estimate of drug-likeness (QED) is 0.828. The Labute approximate surface area is 108 Å². The van der Waals surface area contributed by atoms with Crippen molar-refractivity contribution in [2.75, 3.05) is 24.6 Å². The first-order valence-corrected chi connectivity index (χ1v) is 8.18. The molecule has 2 heterocycles. The van der Waals surface area contributed by atoms with Gasteiger partial charge < -0.3 is 0 Å². The van der Waals surface area contributed by atoms with E-state index in [4.69, 9.17) is 11.6 Å². The number of halogens is 1. The maximum Gasteiger partial charge on any atom is 0.0516 e. The Hall–Kier alpha value is 0.1000. The van der Waals surface area contributed by atoms with E-state index < -0.39 is 10.8 Å². The Balaban J connectivity index is 1.96. The lowest BCUT2D eigenvalue weighted by molar-refractivity contribution is 0.259.